The van der Waals surface area contributed by atoms with E-state index in [4.69, 9.17) is 5.73 Å². The number of carbonyl (C=O) groups excluding carboxylic acids is 1. The lowest BCUT2D eigenvalue weighted by Gasteiger charge is -2.30. The third kappa shape index (κ3) is 4.19. The summed E-state index contributed by atoms with van der Waals surface area (Å²) in [4.78, 5) is 11.9. The van der Waals surface area contributed by atoms with Crippen molar-refractivity contribution in [2.75, 3.05) is 0 Å². The van der Waals surface area contributed by atoms with E-state index < -0.39 is 0 Å². The fourth-order valence-corrected chi connectivity index (χ4v) is 1.52. The highest BCUT2D eigenvalue weighted by Gasteiger charge is 2.24. The molecule has 1 amide bonds. The molecule has 3 N–H and O–H groups in total. The molecule has 0 aromatic heterocycles. The zero-order valence-electron chi connectivity index (χ0n) is 11.1. The van der Waals surface area contributed by atoms with Crippen LogP contribution in [0, 0.1) is 6.92 Å². The fourth-order valence-electron chi connectivity index (χ4n) is 1.52. The second-order valence-electron chi connectivity index (χ2n) is 5.22. The third-order valence-electron chi connectivity index (χ3n) is 3.05. The molecule has 0 saturated heterocycles. The second kappa shape index (κ2) is 5.32. The van der Waals surface area contributed by atoms with Gasteiger partial charge < -0.3 is 11.1 Å². The van der Waals surface area contributed by atoms with E-state index in [0.717, 1.165) is 5.56 Å². The standard InChI is InChI=1S/C14H22N2O/c1-10-6-5-7-12(8-10)9-13(17)16-14(3,4)11(2)15/h5-8,11H,9,15H2,1-4H3,(H,16,17). The summed E-state index contributed by atoms with van der Waals surface area (Å²) in [5, 5.41) is 2.96. The van der Waals surface area contributed by atoms with Gasteiger partial charge in [0, 0.05) is 11.6 Å². The van der Waals surface area contributed by atoms with Crippen LogP contribution < -0.4 is 11.1 Å². The van der Waals surface area contributed by atoms with Crippen LogP contribution in [0.1, 0.15) is 31.9 Å². The molecule has 0 heterocycles. The minimum Gasteiger partial charge on any atom is -0.349 e. The zero-order valence-corrected chi connectivity index (χ0v) is 11.1. The number of carbonyl (C=O) groups is 1. The second-order valence-corrected chi connectivity index (χ2v) is 5.22. The fraction of sp³-hybridized carbons (Fsp3) is 0.500. The maximum atomic E-state index is 11.9. The Labute approximate surface area is 103 Å². The van der Waals surface area contributed by atoms with E-state index in [2.05, 4.69) is 5.32 Å². The first-order valence-electron chi connectivity index (χ1n) is 5.93. The minimum absolute atomic E-state index is 0.0119. The minimum atomic E-state index is -0.374. The van der Waals surface area contributed by atoms with Crippen molar-refractivity contribution in [1.82, 2.24) is 5.32 Å². The number of hydrogen-bond acceptors (Lipinski definition) is 2. The van der Waals surface area contributed by atoms with Crippen LogP contribution in [0.3, 0.4) is 0 Å². The van der Waals surface area contributed by atoms with Gasteiger partial charge in [0.25, 0.3) is 0 Å². The van der Waals surface area contributed by atoms with Gasteiger partial charge in [0.15, 0.2) is 0 Å². The molecule has 0 aliphatic rings. The SMILES string of the molecule is Cc1cccc(CC(=O)NC(C)(C)C(C)N)c1. The molecule has 0 bridgehead atoms. The van der Waals surface area contributed by atoms with Crippen LogP contribution in [0.5, 0.6) is 0 Å². The van der Waals surface area contributed by atoms with Gasteiger partial charge in [0.2, 0.25) is 5.91 Å². The van der Waals surface area contributed by atoms with Gasteiger partial charge in [-0.2, -0.15) is 0 Å². The highest BCUT2D eigenvalue weighted by Crippen LogP contribution is 2.09. The molecule has 1 rings (SSSR count). The molecule has 0 spiro atoms. The topological polar surface area (TPSA) is 55.1 Å². The molecule has 0 fully saturated rings. The molecule has 0 radical (unpaired) electrons. The summed E-state index contributed by atoms with van der Waals surface area (Å²) < 4.78 is 0. The molecule has 17 heavy (non-hydrogen) atoms. The Hall–Kier alpha value is -1.35. The van der Waals surface area contributed by atoms with Crippen molar-refractivity contribution in [2.45, 2.75) is 45.7 Å². The zero-order chi connectivity index (χ0) is 13.1. The van der Waals surface area contributed by atoms with Gasteiger partial charge in [-0.3, -0.25) is 4.79 Å². The van der Waals surface area contributed by atoms with Crippen molar-refractivity contribution in [3.05, 3.63) is 35.4 Å². The van der Waals surface area contributed by atoms with Crippen molar-refractivity contribution in [3.8, 4) is 0 Å². The molecule has 1 aromatic rings. The summed E-state index contributed by atoms with van der Waals surface area (Å²) in [7, 11) is 0. The molecular weight excluding hydrogens is 212 g/mol. The monoisotopic (exact) mass is 234 g/mol. The number of amides is 1. The predicted molar refractivity (Wildman–Crippen MR) is 70.8 cm³/mol. The molecule has 0 aliphatic heterocycles. The van der Waals surface area contributed by atoms with Crippen LogP contribution in [0.2, 0.25) is 0 Å². The van der Waals surface area contributed by atoms with Gasteiger partial charge in [0.05, 0.1) is 6.42 Å². The average Bonchev–Trinajstić information content (AvgIpc) is 2.15. The lowest BCUT2D eigenvalue weighted by atomic mass is 9.96. The Morgan fingerprint density at radius 1 is 1.47 bits per heavy atom. The van der Waals surface area contributed by atoms with Crippen molar-refractivity contribution in [1.29, 1.82) is 0 Å². The molecule has 3 nitrogen and oxygen atoms in total. The molecule has 0 saturated carbocycles. The Morgan fingerprint density at radius 3 is 2.65 bits per heavy atom. The molecule has 1 aromatic carbocycles. The predicted octanol–water partition coefficient (Wildman–Crippen LogP) is 1.78. The van der Waals surface area contributed by atoms with E-state index in [9.17, 15) is 4.79 Å². The highest BCUT2D eigenvalue weighted by atomic mass is 16.1. The van der Waals surface area contributed by atoms with E-state index in [1.54, 1.807) is 0 Å². The number of hydrogen-bond donors (Lipinski definition) is 2. The van der Waals surface area contributed by atoms with Crippen molar-refractivity contribution in [3.63, 3.8) is 0 Å². The average molecular weight is 234 g/mol. The highest BCUT2D eigenvalue weighted by molar-refractivity contribution is 5.79. The van der Waals surface area contributed by atoms with Gasteiger partial charge in [0.1, 0.15) is 0 Å². The number of aryl methyl sites for hydroxylation is 1. The van der Waals surface area contributed by atoms with Gasteiger partial charge in [-0.15, -0.1) is 0 Å². The van der Waals surface area contributed by atoms with Crippen molar-refractivity contribution in [2.24, 2.45) is 5.73 Å². The van der Waals surface area contributed by atoms with Gasteiger partial charge in [-0.1, -0.05) is 29.8 Å². The molecule has 1 atom stereocenters. The van der Waals surface area contributed by atoms with E-state index in [-0.39, 0.29) is 17.5 Å². The molecule has 3 heteroatoms. The Balaban J connectivity index is 2.62. The summed E-state index contributed by atoms with van der Waals surface area (Å²) >= 11 is 0. The van der Waals surface area contributed by atoms with Crippen LogP contribution in [0.4, 0.5) is 0 Å². The Kier molecular flexibility index (Phi) is 4.29. The van der Waals surface area contributed by atoms with Crippen LogP contribution in [0.15, 0.2) is 24.3 Å². The van der Waals surface area contributed by atoms with Crippen LogP contribution in [-0.2, 0) is 11.2 Å². The largest absolute Gasteiger partial charge is 0.349 e. The van der Waals surface area contributed by atoms with E-state index in [1.165, 1.54) is 5.56 Å². The van der Waals surface area contributed by atoms with E-state index >= 15 is 0 Å². The first kappa shape index (κ1) is 13.7. The van der Waals surface area contributed by atoms with Gasteiger partial charge in [-0.25, -0.2) is 0 Å². The van der Waals surface area contributed by atoms with Crippen molar-refractivity contribution < 1.29 is 4.79 Å². The summed E-state index contributed by atoms with van der Waals surface area (Å²) in [6.45, 7) is 7.79. The number of nitrogens with one attached hydrogen (secondary N) is 1. The number of benzene rings is 1. The first-order valence-corrected chi connectivity index (χ1v) is 5.93. The van der Waals surface area contributed by atoms with E-state index in [1.807, 2.05) is 52.0 Å². The van der Waals surface area contributed by atoms with Gasteiger partial charge >= 0.3 is 0 Å². The maximum Gasteiger partial charge on any atom is 0.224 e. The lowest BCUT2D eigenvalue weighted by molar-refractivity contribution is -0.122. The van der Waals surface area contributed by atoms with Crippen LogP contribution in [0.25, 0.3) is 0 Å². The summed E-state index contributed by atoms with van der Waals surface area (Å²) in [5.74, 6) is 0.0119. The van der Waals surface area contributed by atoms with Crippen LogP contribution >= 0.6 is 0 Å². The third-order valence-corrected chi connectivity index (χ3v) is 3.05. The summed E-state index contributed by atoms with van der Waals surface area (Å²) in [5.41, 5.74) is 7.65. The smallest absolute Gasteiger partial charge is 0.224 e. The van der Waals surface area contributed by atoms with Crippen molar-refractivity contribution >= 4 is 5.91 Å². The first-order chi connectivity index (χ1) is 7.81. The maximum absolute atomic E-state index is 11.9. The quantitative estimate of drug-likeness (QED) is 0.834. The summed E-state index contributed by atoms with van der Waals surface area (Å²) in [6, 6.07) is 7.90. The van der Waals surface area contributed by atoms with Gasteiger partial charge in [-0.05, 0) is 33.3 Å². The lowest BCUT2D eigenvalue weighted by Crippen LogP contribution is -2.54. The van der Waals surface area contributed by atoms with Crippen LogP contribution in [-0.4, -0.2) is 17.5 Å². The Bertz CT molecular complexity index is 397. The summed E-state index contributed by atoms with van der Waals surface area (Å²) in [6.07, 6.45) is 0.401. The molecule has 1 unspecified atom stereocenters. The molecular formula is C14H22N2O. The molecule has 94 valence electrons. The Morgan fingerprint density at radius 2 is 2.12 bits per heavy atom. The normalized spacial score (nSPS) is 13.2. The number of rotatable bonds is 4. The number of nitrogens with two attached hydrogens (primary N) is 1. The van der Waals surface area contributed by atoms with E-state index in [0.29, 0.717) is 6.42 Å². The molecule has 0 aliphatic carbocycles.